The summed E-state index contributed by atoms with van der Waals surface area (Å²) in [6, 6.07) is 12.4. The summed E-state index contributed by atoms with van der Waals surface area (Å²) in [6.45, 7) is 0. The predicted octanol–water partition coefficient (Wildman–Crippen LogP) is 7.17. The van der Waals surface area contributed by atoms with E-state index in [1.807, 2.05) is 23.9 Å². The Morgan fingerprint density at radius 3 is 1.26 bits per heavy atom. The molecule has 0 aromatic heterocycles. The number of benzene rings is 2. The highest BCUT2D eigenvalue weighted by Gasteiger charge is 2.08. The smallest absolute Gasteiger partial charge is 0.0226 e. The maximum atomic E-state index is 3.60. The molecule has 0 amide bonds. The van der Waals surface area contributed by atoms with Crippen LogP contribution in [0.5, 0.6) is 0 Å². The monoisotopic (exact) mass is 526 g/mol. The second kappa shape index (κ2) is 7.64. The first-order valence-corrected chi connectivity index (χ1v) is 9.86. The maximum absolute atomic E-state index is 3.60. The van der Waals surface area contributed by atoms with E-state index in [9.17, 15) is 0 Å². The van der Waals surface area contributed by atoms with E-state index in [0.717, 1.165) is 29.4 Å². The van der Waals surface area contributed by atoms with E-state index in [-0.39, 0.29) is 0 Å². The fraction of sp³-hybridized carbons (Fsp3) is 0.143. The summed E-state index contributed by atoms with van der Waals surface area (Å²) in [4.78, 5) is 0. The lowest BCUT2D eigenvalue weighted by molar-refractivity contribution is 1.30. The number of thioether (sulfide) groups is 1. The van der Waals surface area contributed by atoms with Crippen molar-refractivity contribution in [3.05, 3.63) is 65.4 Å². The highest BCUT2D eigenvalue weighted by molar-refractivity contribution is 9.11. The van der Waals surface area contributed by atoms with Gasteiger partial charge in [0.05, 0.1) is 0 Å². The van der Waals surface area contributed by atoms with E-state index in [0.29, 0.717) is 0 Å². The first-order valence-electron chi connectivity index (χ1n) is 5.53. The van der Waals surface area contributed by atoms with Crippen LogP contribution < -0.4 is 0 Å². The standard InChI is InChI=1S/C14H10Br4S/c15-11-3-1-4-12(16)9(11)7-19-8-10-13(17)5-2-6-14(10)18/h1-6H,7-8H2. The molecular weight excluding hydrogens is 520 g/mol. The van der Waals surface area contributed by atoms with Crippen molar-refractivity contribution in [3.63, 3.8) is 0 Å². The summed E-state index contributed by atoms with van der Waals surface area (Å²) >= 11 is 16.3. The van der Waals surface area contributed by atoms with E-state index < -0.39 is 0 Å². The maximum Gasteiger partial charge on any atom is 0.0226 e. The average Bonchev–Trinajstić information content (AvgIpc) is 2.36. The third-order valence-corrected chi connectivity index (χ3v) is 6.57. The molecule has 0 nitrogen and oxygen atoms in total. The highest BCUT2D eigenvalue weighted by Crippen LogP contribution is 2.33. The fourth-order valence-corrected chi connectivity index (χ4v) is 6.03. The van der Waals surface area contributed by atoms with Gasteiger partial charge >= 0.3 is 0 Å². The van der Waals surface area contributed by atoms with Crippen LogP contribution in [0.1, 0.15) is 11.1 Å². The van der Waals surface area contributed by atoms with E-state index in [2.05, 4.69) is 88.0 Å². The molecule has 100 valence electrons. The fourth-order valence-electron chi connectivity index (χ4n) is 1.60. The Morgan fingerprint density at radius 1 is 0.632 bits per heavy atom. The van der Waals surface area contributed by atoms with Crippen molar-refractivity contribution >= 4 is 75.5 Å². The van der Waals surface area contributed by atoms with Crippen LogP contribution in [0.4, 0.5) is 0 Å². The van der Waals surface area contributed by atoms with Gasteiger partial charge in [-0.15, -0.1) is 0 Å². The molecule has 0 fully saturated rings. The molecule has 5 heteroatoms. The van der Waals surface area contributed by atoms with Crippen LogP contribution in [-0.2, 0) is 11.5 Å². The van der Waals surface area contributed by atoms with E-state index >= 15 is 0 Å². The Labute approximate surface area is 151 Å². The third-order valence-electron chi connectivity index (χ3n) is 2.62. The molecule has 0 heterocycles. The zero-order valence-electron chi connectivity index (χ0n) is 9.80. The van der Waals surface area contributed by atoms with Gasteiger partial charge in [0.2, 0.25) is 0 Å². The molecule has 0 radical (unpaired) electrons. The molecular formula is C14H10Br4S. The molecule has 0 aliphatic carbocycles. The Balaban J connectivity index is 2.05. The summed E-state index contributed by atoms with van der Waals surface area (Å²) in [6.07, 6.45) is 0. The Kier molecular flexibility index (Phi) is 6.47. The minimum atomic E-state index is 0.968. The lowest BCUT2D eigenvalue weighted by Gasteiger charge is -2.09. The van der Waals surface area contributed by atoms with Crippen LogP contribution in [0.2, 0.25) is 0 Å². The molecule has 2 aromatic rings. The van der Waals surface area contributed by atoms with Crippen LogP contribution in [0.25, 0.3) is 0 Å². The van der Waals surface area contributed by atoms with Gasteiger partial charge in [-0.1, -0.05) is 75.9 Å². The number of hydrogen-bond donors (Lipinski definition) is 0. The molecule has 2 rings (SSSR count). The molecule has 0 bridgehead atoms. The van der Waals surface area contributed by atoms with Crippen LogP contribution >= 0.6 is 75.5 Å². The van der Waals surface area contributed by atoms with Crippen molar-refractivity contribution in [1.82, 2.24) is 0 Å². The van der Waals surface area contributed by atoms with Crippen molar-refractivity contribution in [2.75, 3.05) is 0 Å². The van der Waals surface area contributed by atoms with Gasteiger partial charge in [0, 0.05) is 29.4 Å². The van der Waals surface area contributed by atoms with Gasteiger partial charge in [-0.3, -0.25) is 0 Å². The molecule has 2 aromatic carbocycles. The third kappa shape index (κ3) is 4.34. The lowest BCUT2D eigenvalue weighted by Crippen LogP contribution is -1.89. The SMILES string of the molecule is Brc1cccc(Br)c1CSCc1c(Br)cccc1Br. The zero-order valence-corrected chi connectivity index (χ0v) is 17.0. The first kappa shape index (κ1) is 16.1. The normalized spacial score (nSPS) is 10.7. The van der Waals surface area contributed by atoms with Crippen molar-refractivity contribution in [3.8, 4) is 0 Å². The lowest BCUT2D eigenvalue weighted by atomic mass is 10.2. The van der Waals surface area contributed by atoms with Gasteiger partial charge in [-0.2, -0.15) is 11.8 Å². The second-order valence-corrected chi connectivity index (χ2v) is 8.30. The molecule has 0 aliphatic rings. The molecule has 0 atom stereocenters. The van der Waals surface area contributed by atoms with E-state index in [1.165, 1.54) is 11.1 Å². The van der Waals surface area contributed by atoms with Gasteiger partial charge in [-0.05, 0) is 35.4 Å². The van der Waals surface area contributed by atoms with E-state index in [1.54, 1.807) is 0 Å². The van der Waals surface area contributed by atoms with Crippen molar-refractivity contribution in [2.24, 2.45) is 0 Å². The Bertz CT molecular complexity index is 492. The summed E-state index contributed by atoms with van der Waals surface area (Å²) < 4.78 is 4.61. The molecule has 0 saturated heterocycles. The van der Waals surface area contributed by atoms with Gasteiger partial charge in [-0.25, -0.2) is 0 Å². The highest BCUT2D eigenvalue weighted by atomic mass is 79.9. The molecule has 0 saturated carbocycles. The summed E-state index contributed by atoms with van der Waals surface area (Å²) in [5, 5.41) is 0. The molecule has 0 spiro atoms. The molecule has 19 heavy (non-hydrogen) atoms. The Hall–Kier alpha value is 0.710. The van der Waals surface area contributed by atoms with Gasteiger partial charge in [0.25, 0.3) is 0 Å². The Morgan fingerprint density at radius 2 is 0.947 bits per heavy atom. The minimum absolute atomic E-state index is 0.968. The zero-order chi connectivity index (χ0) is 13.8. The summed E-state index contributed by atoms with van der Waals surface area (Å²) in [5.41, 5.74) is 2.60. The van der Waals surface area contributed by atoms with Gasteiger partial charge in [0.1, 0.15) is 0 Å². The molecule has 0 N–H and O–H groups in total. The van der Waals surface area contributed by atoms with Gasteiger partial charge < -0.3 is 0 Å². The van der Waals surface area contributed by atoms with E-state index in [4.69, 9.17) is 0 Å². The molecule has 0 unspecified atom stereocenters. The van der Waals surface area contributed by atoms with Crippen LogP contribution in [-0.4, -0.2) is 0 Å². The van der Waals surface area contributed by atoms with Crippen LogP contribution in [0.15, 0.2) is 54.3 Å². The number of rotatable bonds is 4. The minimum Gasteiger partial charge on any atom is -0.152 e. The number of halogens is 4. The second-order valence-electron chi connectivity index (χ2n) is 3.89. The van der Waals surface area contributed by atoms with Crippen molar-refractivity contribution in [1.29, 1.82) is 0 Å². The largest absolute Gasteiger partial charge is 0.152 e. The summed E-state index contributed by atoms with van der Waals surface area (Å²) in [7, 11) is 0. The van der Waals surface area contributed by atoms with Gasteiger partial charge in [0.15, 0.2) is 0 Å². The quantitative estimate of drug-likeness (QED) is 0.405. The van der Waals surface area contributed by atoms with Crippen LogP contribution in [0.3, 0.4) is 0 Å². The average molecular weight is 530 g/mol. The topological polar surface area (TPSA) is 0 Å². The number of hydrogen-bond acceptors (Lipinski definition) is 1. The van der Waals surface area contributed by atoms with Crippen LogP contribution in [0, 0.1) is 0 Å². The first-order chi connectivity index (χ1) is 9.09. The van der Waals surface area contributed by atoms with Crippen molar-refractivity contribution in [2.45, 2.75) is 11.5 Å². The molecule has 0 aliphatic heterocycles. The predicted molar refractivity (Wildman–Crippen MR) is 98.7 cm³/mol. The van der Waals surface area contributed by atoms with Crippen molar-refractivity contribution < 1.29 is 0 Å². The summed E-state index contributed by atoms with van der Waals surface area (Å²) in [5.74, 6) is 1.94.